The van der Waals surface area contributed by atoms with E-state index >= 15 is 0 Å². The monoisotopic (exact) mass is 452 g/mol. The summed E-state index contributed by atoms with van der Waals surface area (Å²) >= 11 is 1.27. The summed E-state index contributed by atoms with van der Waals surface area (Å²) in [4.78, 5) is 31.4. The van der Waals surface area contributed by atoms with Crippen molar-refractivity contribution in [2.45, 2.75) is 40.3 Å². The molecule has 1 aliphatic heterocycles. The number of phenolic OH excluding ortho intramolecular Hbond substituents is 1. The molecule has 0 aliphatic carbocycles. The maximum Gasteiger partial charge on any atom is 0.338 e. The molecule has 1 aliphatic rings. The number of esters is 1. The smallest absolute Gasteiger partial charge is 0.338 e. The summed E-state index contributed by atoms with van der Waals surface area (Å²) < 4.78 is 9.18. The van der Waals surface area contributed by atoms with Crippen LogP contribution in [0.15, 0.2) is 51.5 Å². The lowest BCUT2D eigenvalue weighted by Gasteiger charge is -2.24. The van der Waals surface area contributed by atoms with Crippen molar-refractivity contribution in [2.75, 3.05) is 6.61 Å². The quantitative estimate of drug-likeness (QED) is 0.598. The van der Waals surface area contributed by atoms with Crippen molar-refractivity contribution < 1.29 is 14.6 Å². The van der Waals surface area contributed by atoms with Crippen LogP contribution in [0.3, 0.4) is 0 Å². The van der Waals surface area contributed by atoms with E-state index in [0.717, 1.165) is 17.8 Å². The minimum absolute atomic E-state index is 0.1000. The fourth-order valence-electron chi connectivity index (χ4n) is 3.83. The third kappa shape index (κ3) is 3.69. The van der Waals surface area contributed by atoms with Crippen LogP contribution >= 0.6 is 11.3 Å². The van der Waals surface area contributed by atoms with E-state index in [-0.39, 0.29) is 17.9 Å². The van der Waals surface area contributed by atoms with Crippen LogP contribution in [0.2, 0.25) is 0 Å². The van der Waals surface area contributed by atoms with Crippen molar-refractivity contribution in [3.63, 3.8) is 0 Å². The zero-order valence-corrected chi connectivity index (χ0v) is 19.1. The molecule has 3 heterocycles. The number of hydrogen-bond acceptors (Lipinski definition) is 7. The maximum atomic E-state index is 13.5. The van der Waals surface area contributed by atoms with Gasteiger partial charge in [0.1, 0.15) is 5.75 Å². The van der Waals surface area contributed by atoms with Crippen molar-refractivity contribution in [2.24, 2.45) is 4.99 Å². The number of aromatic hydroxyl groups is 1. The van der Waals surface area contributed by atoms with E-state index in [1.807, 2.05) is 24.6 Å². The second-order valence-corrected chi connectivity index (χ2v) is 8.40. The number of aryl methyl sites for hydroxylation is 1. The fraction of sp³-hybridized carbons (Fsp3) is 0.304. The topological polar surface area (TPSA) is 98.7 Å². The number of rotatable bonds is 5. The molecule has 0 saturated heterocycles. The Hall–Kier alpha value is -3.46. The summed E-state index contributed by atoms with van der Waals surface area (Å²) in [6.07, 6.45) is 3.55. The van der Waals surface area contributed by atoms with Gasteiger partial charge in [-0.15, -0.1) is 0 Å². The maximum absolute atomic E-state index is 13.5. The molecule has 0 bridgehead atoms. The Morgan fingerprint density at radius 2 is 1.97 bits per heavy atom. The molecule has 2 aromatic heterocycles. The molecule has 0 unspecified atom stereocenters. The Kier molecular flexibility index (Phi) is 5.84. The number of nitrogens with zero attached hydrogens (tertiary/aromatic N) is 4. The van der Waals surface area contributed by atoms with Crippen molar-refractivity contribution in [1.29, 1.82) is 0 Å². The number of aromatic nitrogens is 3. The van der Waals surface area contributed by atoms with E-state index in [1.54, 1.807) is 32.2 Å². The zero-order valence-electron chi connectivity index (χ0n) is 18.3. The van der Waals surface area contributed by atoms with Gasteiger partial charge >= 0.3 is 5.97 Å². The van der Waals surface area contributed by atoms with Crippen LogP contribution < -0.4 is 14.9 Å². The van der Waals surface area contributed by atoms with Crippen molar-refractivity contribution in [1.82, 2.24) is 14.3 Å². The standard InChI is InChI=1S/C23H24N4O4S/c1-5-26-14(4)16(12-24-26)11-18-21(29)27-20(15-7-9-17(28)10-8-15)19(22(30)31-6-2)13(3)25-23(27)32-18/h7-12,20,28H,5-6H2,1-4H3/t20-/m1/s1. The Morgan fingerprint density at radius 1 is 1.25 bits per heavy atom. The summed E-state index contributed by atoms with van der Waals surface area (Å²) in [6.45, 7) is 8.40. The molecule has 4 rings (SSSR count). The van der Waals surface area contributed by atoms with Gasteiger partial charge in [-0.25, -0.2) is 9.79 Å². The van der Waals surface area contributed by atoms with Crippen molar-refractivity contribution in [3.8, 4) is 5.75 Å². The van der Waals surface area contributed by atoms with Crippen LogP contribution in [-0.4, -0.2) is 32.0 Å². The largest absolute Gasteiger partial charge is 0.508 e. The predicted molar refractivity (Wildman–Crippen MR) is 121 cm³/mol. The summed E-state index contributed by atoms with van der Waals surface area (Å²) in [5.41, 5.74) is 3.08. The summed E-state index contributed by atoms with van der Waals surface area (Å²) in [5.74, 6) is -0.413. The minimum atomic E-state index is -0.701. The van der Waals surface area contributed by atoms with Crippen LogP contribution in [0.25, 0.3) is 6.08 Å². The molecule has 9 heteroatoms. The molecule has 3 aromatic rings. The van der Waals surface area contributed by atoms with Gasteiger partial charge in [-0.3, -0.25) is 14.0 Å². The van der Waals surface area contributed by atoms with E-state index in [0.29, 0.717) is 26.2 Å². The molecule has 1 atom stereocenters. The Bertz CT molecular complexity index is 1390. The summed E-state index contributed by atoms with van der Waals surface area (Å²) in [6, 6.07) is 5.76. The van der Waals surface area contributed by atoms with E-state index in [1.165, 1.54) is 28.0 Å². The van der Waals surface area contributed by atoms with Crippen LogP contribution in [0.4, 0.5) is 0 Å². The molecule has 166 valence electrons. The van der Waals surface area contributed by atoms with Crippen LogP contribution in [-0.2, 0) is 16.1 Å². The third-order valence-corrected chi connectivity index (χ3v) is 6.44. The first-order valence-electron chi connectivity index (χ1n) is 10.4. The number of thiazole rings is 1. The molecule has 0 radical (unpaired) electrons. The number of phenols is 1. The van der Waals surface area contributed by atoms with Gasteiger partial charge in [-0.05, 0) is 51.5 Å². The van der Waals surface area contributed by atoms with Gasteiger partial charge in [0, 0.05) is 17.8 Å². The Balaban J connectivity index is 1.95. The van der Waals surface area contributed by atoms with Gasteiger partial charge in [-0.2, -0.15) is 5.10 Å². The van der Waals surface area contributed by atoms with E-state index < -0.39 is 12.0 Å². The normalized spacial score (nSPS) is 16.1. The van der Waals surface area contributed by atoms with Crippen LogP contribution in [0.1, 0.15) is 43.6 Å². The van der Waals surface area contributed by atoms with Crippen LogP contribution in [0.5, 0.6) is 5.75 Å². The number of fused-ring (bicyclic) bond motifs is 1. The summed E-state index contributed by atoms with van der Waals surface area (Å²) in [5, 5.41) is 14.1. The highest BCUT2D eigenvalue weighted by Gasteiger charge is 2.33. The summed E-state index contributed by atoms with van der Waals surface area (Å²) in [7, 11) is 0. The van der Waals surface area contributed by atoms with Crippen molar-refractivity contribution in [3.05, 3.63) is 78.2 Å². The van der Waals surface area contributed by atoms with Gasteiger partial charge in [0.15, 0.2) is 4.80 Å². The average molecular weight is 453 g/mol. The minimum Gasteiger partial charge on any atom is -0.508 e. The van der Waals surface area contributed by atoms with Gasteiger partial charge < -0.3 is 9.84 Å². The molecule has 0 saturated carbocycles. The number of allylic oxidation sites excluding steroid dienone is 1. The number of hydrogen-bond donors (Lipinski definition) is 1. The van der Waals surface area contributed by atoms with E-state index in [4.69, 9.17) is 4.74 Å². The average Bonchev–Trinajstić information content (AvgIpc) is 3.27. The highest BCUT2D eigenvalue weighted by Crippen LogP contribution is 2.31. The van der Waals surface area contributed by atoms with E-state index in [2.05, 4.69) is 10.1 Å². The lowest BCUT2D eigenvalue weighted by Crippen LogP contribution is -2.39. The third-order valence-electron chi connectivity index (χ3n) is 5.45. The van der Waals surface area contributed by atoms with Gasteiger partial charge in [0.05, 0.1) is 34.6 Å². The first-order valence-corrected chi connectivity index (χ1v) is 11.2. The first-order chi connectivity index (χ1) is 15.3. The number of carbonyl (C=O) groups excluding carboxylic acids is 1. The molecule has 1 aromatic carbocycles. The van der Waals surface area contributed by atoms with Gasteiger partial charge in [0.25, 0.3) is 5.56 Å². The second-order valence-electron chi connectivity index (χ2n) is 7.39. The molecular weight excluding hydrogens is 428 g/mol. The first kappa shape index (κ1) is 21.8. The zero-order chi connectivity index (χ0) is 23.0. The Morgan fingerprint density at radius 3 is 2.59 bits per heavy atom. The Labute approximate surface area is 188 Å². The molecule has 0 amide bonds. The molecule has 32 heavy (non-hydrogen) atoms. The fourth-order valence-corrected chi connectivity index (χ4v) is 4.86. The van der Waals surface area contributed by atoms with Crippen molar-refractivity contribution >= 4 is 23.4 Å². The predicted octanol–water partition coefficient (Wildman–Crippen LogP) is 2.03. The highest BCUT2D eigenvalue weighted by molar-refractivity contribution is 7.07. The SMILES string of the molecule is CCOC(=O)C1=C(C)N=c2sc(=Cc3cnn(CC)c3C)c(=O)n2[C@@H]1c1ccc(O)cc1. The molecular formula is C23H24N4O4S. The number of carbonyl (C=O) groups is 1. The number of benzene rings is 1. The highest BCUT2D eigenvalue weighted by atomic mass is 32.1. The molecule has 1 N–H and O–H groups in total. The molecule has 0 fully saturated rings. The number of ether oxygens (including phenoxy) is 1. The van der Waals surface area contributed by atoms with E-state index in [9.17, 15) is 14.7 Å². The lowest BCUT2D eigenvalue weighted by molar-refractivity contribution is -0.139. The second kappa shape index (κ2) is 8.58. The molecule has 0 spiro atoms. The molecule has 8 nitrogen and oxygen atoms in total. The van der Waals surface area contributed by atoms with Gasteiger partial charge in [-0.1, -0.05) is 23.5 Å². The van der Waals surface area contributed by atoms with Crippen LogP contribution in [0, 0.1) is 6.92 Å². The van der Waals surface area contributed by atoms with Gasteiger partial charge in [0.2, 0.25) is 0 Å². The lowest BCUT2D eigenvalue weighted by atomic mass is 9.96.